The predicted octanol–water partition coefficient (Wildman–Crippen LogP) is 13.2. The van der Waals surface area contributed by atoms with E-state index in [4.69, 9.17) is 18.5 Å². The Morgan fingerprint density at radius 2 is 0.949 bits per heavy atom. The summed E-state index contributed by atoms with van der Waals surface area (Å²) < 4.78 is 33.8. The first-order chi connectivity index (χ1) is 28.5. The highest BCUT2D eigenvalue weighted by Crippen LogP contribution is 2.38. The molecule has 0 aliphatic rings. The smallest absolute Gasteiger partial charge is 0.306 e. The van der Waals surface area contributed by atoms with Gasteiger partial charge in [0.2, 0.25) is 0 Å². The first-order valence-electron chi connectivity index (χ1n) is 23.8. The Kier molecular flexibility index (Phi) is 39.9. The Hall–Kier alpha value is -2.03. The zero-order valence-electron chi connectivity index (χ0n) is 38.7. The van der Waals surface area contributed by atoms with E-state index in [0.717, 1.165) is 44.9 Å². The zero-order chi connectivity index (χ0) is 43.6. The molecule has 0 aromatic heterocycles. The van der Waals surface area contributed by atoms with Crippen LogP contribution in [0, 0.1) is 0 Å². The molecule has 0 rings (SSSR count). The summed E-state index contributed by atoms with van der Waals surface area (Å²) in [5.74, 6) is -0.921. The van der Waals surface area contributed by atoms with Gasteiger partial charge >= 0.3 is 11.9 Å². The average Bonchev–Trinajstić information content (AvgIpc) is 3.19. The van der Waals surface area contributed by atoms with Crippen LogP contribution in [0.5, 0.6) is 0 Å². The molecular weight excluding hydrogens is 762 g/mol. The summed E-state index contributed by atoms with van der Waals surface area (Å²) in [4.78, 5) is 37.5. The van der Waals surface area contributed by atoms with Crippen LogP contribution >= 0.6 is 7.82 Å². The van der Waals surface area contributed by atoms with E-state index in [1.807, 2.05) is 33.3 Å². The fourth-order valence-corrected chi connectivity index (χ4v) is 7.05. The van der Waals surface area contributed by atoms with E-state index in [2.05, 4.69) is 50.3 Å². The molecule has 0 aliphatic carbocycles. The van der Waals surface area contributed by atoms with Crippen molar-refractivity contribution in [1.29, 1.82) is 0 Å². The van der Waals surface area contributed by atoms with Crippen molar-refractivity contribution in [2.45, 2.75) is 206 Å². The van der Waals surface area contributed by atoms with Crippen molar-refractivity contribution in [3.05, 3.63) is 48.6 Å². The Labute approximate surface area is 363 Å². The number of esters is 2. The van der Waals surface area contributed by atoms with Gasteiger partial charge in [-0.05, 0) is 64.2 Å². The fourth-order valence-electron chi connectivity index (χ4n) is 6.33. The van der Waals surface area contributed by atoms with Crippen LogP contribution in [0.15, 0.2) is 48.6 Å². The lowest BCUT2D eigenvalue weighted by Gasteiger charge is -2.28. The standard InChI is InChI=1S/C49H90NO8P/c1-6-8-10-12-14-16-18-20-21-22-23-24-25-26-27-28-30-31-33-35-37-39-41-48(51)55-45-47(46-57-59(53,54)56-44-43-50(3,4)5)58-49(52)42-40-38-36-34-32-29-19-17-15-13-11-9-7-2/h22-23,25-26,29,32,36,38,47H,6-21,24,27-28,30-31,33-35,37,39-46H2,1-5H3/b23-22+,26-25+,32-29+,38-36+. The van der Waals surface area contributed by atoms with Crippen molar-refractivity contribution in [3.63, 3.8) is 0 Å². The Morgan fingerprint density at radius 1 is 0.525 bits per heavy atom. The van der Waals surface area contributed by atoms with Gasteiger partial charge in [0, 0.05) is 12.8 Å². The second-order valence-corrected chi connectivity index (χ2v) is 18.5. The van der Waals surface area contributed by atoms with E-state index < -0.39 is 32.5 Å². The second kappa shape index (κ2) is 41.3. The molecule has 2 unspecified atom stereocenters. The number of hydrogen-bond acceptors (Lipinski definition) is 8. The van der Waals surface area contributed by atoms with E-state index in [1.165, 1.54) is 116 Å². The molecule has 0 saturated carbocycles. The molecule has 344 valence electrons. The van der Waals surface area contributed by atoms with Gasteiger partial charge in [0.25, 0.3) is 7.82 Å². The number of carbonyl (C=O) groups is 2. The first-order valence-corrected chi connectivity index (χ1v) is 25.3. The van der Waals surface area contributed by atoms with Crippen LogP contribution in [0.3, 0.4) is 0 Å². The number of rotatable bonds is 43. The van der Waals surface area contributed by atoms with Crippen LogP contribution in [0.1, 0.15) is 200 Å². The van der Waals surface area contributed by atoms with Gasteiger partial charge in [-0.2, -0.15) is 0 Å². The number of phosphoric ester groups is 1. The van der Waals surface area contributed by atoms with E-state index in [9.17, 15) is 19.0 Å². The first kappa shape index (κ1) is 57.0. The van der Waals surface area contributed by atoms with Crippen LogP contribution in [0.25, 0.3) is 0 Å². The Balaban J connectivity index is 4.32. The third-order valence-corrected chi connectivity index (χ3v) is 11.0. The van der Waals surface area contributed by atoms with E-state index >= 15 is 0 Å². The molecular formula is C49H90NO8P. The molecule has 0 amide bonds. The second-order valence-electron chi connectivity index (χ2n) is 17.1. The van der Waals surface area contributed by atoms with E-state index in [1.54, 1.807) is 0 Å². The largest absolute Gasteiger partial charge is 0.756 e. The van der Waals surface area contributed by atoms with Crippen LogP contribution < -0.4 is 4.89 Å². The number of allylic oxidation sites excluding steroid dienone is 8. The molecule has 0 radical (unpaired) electrons. The van der Waals surface area contributed by atoms with Gasteiger partial charge in [0.1, 0.15) is 19.8 Å². The molecule has 0 aliphatic heterocycles. The normalized spacial score (nSPS) is 13.9. The van der Waals surface area contributed by atoms with Gasteiger partial charge in [-0.1, -0.05) is 172 Å². The lowest BCUT2D eigenvalue weighted by atomic mass is 10.1. The number of hydrogen-bond donors (Lipinski definition) is 0. The highest BCUT2D eigenvalue weighted by molar-refractivity contribution is 7.45. The Bertz CT molecular complexity index is 1150. The number of unbranched alkanes of at least 4 members (excludes halogenated alkanes) is 21. The summed E-state index contributed by atoms with van der Waals surface area (Å²) in [5, 5.41) is 0. The summed E-state index contributed by atoms with van der Waals surface area (Å²) in [6, 6.07) is 0. The van der Waals surface area contributed by atoms with E-state index in [0.29, 0.717) is 23.9 Å². The molecule has 0 bridgehead atoms. The summed E-state index contributed by atoms with van der Waals surface area (Å²) in [5.41, 5.74) is 0. The zero-order valence-corrected chi connectivity index (χ0v) is 39.6. The summed E-state index contributed by atoms with van der Waals surface area (Å²) >= 11 is 0. The van der Waals surface area contributed by atoms with Gasteiger partial charge in [-0.25, -0.2) is 0 Å². The maximum absolute atomic E-state index is 12.6. The minimum Gasteiger partial charge on any atom is -0.756 e. The lowest BCUT2D eigenvalue weighted by molar-refractivity contribution is -0.870. The highest BCUT2D eigenvalue weighted by atomic mass is 31.2. The van der Waals surface area contributed by atoms with Crippen molar-refractivity contribution in [2.75, 3.05) is 47.5 Å². The van der Waals surface area contributed by atoms with Crippen molar-refractivity contribution < 1.29 is 42.1 Å². The minimum atomic E-state index is -4.64. The van der Waals surface area contributed by atoms with Crippen LogP contribution in [-0.4, -0.2) is 70.0 Å². The van der Waals surface area contributed by atoms with Gasteiger partial charge < -0.3 is 27.9 Å². The highest BCUT2D eigenvalue weighted by Gasteiger charge is 2.21. The predicted molar refractivity (Wildman–Crippen MR) is 245 cm³/mol. The number of ether oxygens (including phenoxy) is 2. The van der Waals surface area contributed by atoms with Crippen molar-refractivity contribution >= 4 is 19.8 Å². The summed E-state index contributed by atoms with van der Waals surface area (Å²) in [7, 11) is 1.13. The summed E-state index contributed by atoms with van der Waals surface area (Å²) in [6.45, 7) is 4.14. The van der Waals surface area contributed by atoms with Gasteiger partial charge in [0.05, 0.1) is 27.7 Å². The molecule has 0 heterocycles. The molecule has 0 saturated heterocycles. The molecule has 2 atom stereocenters. The van der Waals surface area contributed by atoms with Crippen LogP contribution in [0.2, 0.25) is 0 Å². The minimum absolute atomic E-state index is 0.0425. The Morgan fingerprint density at radius 3 is 1.41 bits per heavy atom. The molecule has 0 N–H and O–H groups in total. The topological polar surface area (TPSA) is 111 Å². The molecule has 9 nitrogen and oxygen atoms in total. The molecule has 0 aromatic rings. The molecule has 0 spiro atoms. The number of nitrogens with zero attached hydrogens (tertiary/aromatic N) is 1. The van der Waals surface area contributed by atoms with Crippen LogP contribution in [-0.2, 0) is 32.7 Å². The van der Waals surface area contributed by atoms with Crippen molar-refractivity contribution in [3.8, 4) is 0 Å². The molecule has 0 aromatic carbocycles. The third-order valence-electron chi connectivity index (χ3n) is 10.1. The molecule has 0 fully saturated rings. The number of likely N-dealkylation sites (N-methyl/N-ethyl adjacent to an activating group) is 1. The number of phosphoric acid groups is 1. The third kappa shape index (κ3) is 45.3. The number of carbonyl (C=O) groups excluding carboxylic acids is 2. The fraction of sp³-hybridized carbons (Fsp3) is 0.796. The van der Waals surface area contributed by atoms with E-state index in [-0.39, 0.29) is 26.1 Å². The van der Waals surface area contributed by atoms with Gasteiger partial charge in [-0.3, -0.25) is 14.2 Å². The summed E-state index contributed by atoms with van der Waals surface area (Å²) in [6.07, 6.45) is 48.8. The van der Waals surface area contributed by atoms with Gasteiger partial charge in [0.15, 0.2) is 6.10 Å². The maximum atomic E-state index is 12.6. The molecule has 59 heavy (non-hydrogen) atoms. The number of quaternary nitrogens is 1. The SMILES string of the molecule is CCCCCCCC/C=C/C/C=C/CCC(=O)OC(COC(=O)CCCCCCCCC/C=C/C/C=C/CCCCCCCCCC)COP(=O)([O-])OCC[N+](C)(C)C. The van der Waals surface area contributed by atoms with Crippen molar-refractivity contribution in [2.24, 2.45) is 0 Å². The maximum Gasteiger partial charge on any atom is 0.306 e. The van der Waals surface area contributed by atoms with Gasteiger partial charge in [-0.15, -0.1) is 0 Å². The lowest BCUT2D eigenvalue weighted by Crippen LogP contribution is -2.37. The average molecular weight is 852 g/mol. The monoisotopic (exact) mass is 852 g/mol. The van der Waals surface area contributed by atoms with Crippen molar-refractivity contribution in [1.82, 2.24) is 0 Å². The molecule has 10 heteroatoms. The quantitative estimate of drug-likeness (QED) is 0.0196. The van der Waals surface area contributed by atoms with Crippen LogP contribution in [0.4, 0.5) is 0 Å².